The molecule has 23 heavy (non-hydrogen) atoms. The average molecular weight is 348 g/mol. The zero-order valence-electron chi connectivity index (χ0n) is 12.3. The minimum atomic E-state index is -4.23. The summed E-state index contributed by atoms with van der Waals surface area (Å²) < 4.78 is 53.0. The fourth-order valence-corrected chi connectivity index (χ4v) is 4.06. The average Bonchev–Trinajstić information content (AvgIpc) is 2.55. The molecule has 128 valence electrons. The zero-order chi connectivity index (χ0) is 17.0. The lowest BCUT2D eigenvalue weighted by molar-refractivity contribution is -0.132. The molecule has 3 N–H and O–H groups in total. The number of hydroxylamine groups is 1. The number of rotatable bonds is 5. The summed E-state index contributed by atoms with van der Waals surface area (Å²) in [6, 6.07) is 0.992. The summed E-state index contributed by atoms with van der Waals surface area (Å²) in [6.07, 6.45) is 3.98. The number of hydrogen-bond acceptors (Lipinski definition) is 4. The van der Waals surface area contributed by atoms with E-state index in [0.717, 1.165) is 25.3 Å². The van der Waals surface area contributed by atoms with Gasteiger partial charge < -0.3 is 0 Å². The van der Waals surface area contributed by atoms with Gasteiger partial charge in [0, 0.05) is 0 Å². The zero-order valence-corrected chi connectivity index (χ0v) is 13.1. The molecule has 1 aromatic rings. The standard InChI is InChI=1S/C14H18F2N2O4S/c15-11-7-6-10(8-12(11)16)23(21,22)18-13(14(19)17-20)9-4-2-1-3-5-9/h6-9,13,18,20H,1-5H2,(H,17,19). The third-order valence-corrected chi connectivity index (χ3v) is 5.44. The smallest absolute Gasteiger partial charge is 0.261 e. The molecular formula is C14H18F2N2O4S. The van der Waals surface area contributed by atoms with Crippen LogP contribution in [0.5, 0.6) is 0 Å². The van der Waals surface area contributed by atoms with Crippen molar-refractivity contribution in [2.24, 2.45) is 5.92 Å². The van der Waals surface area contributed by atoms with Crippen LogP contribution in [-0.4, -0.2) is 25.6 Å². The van der Waals surface area contributed by atoms with E-state index in [1.54, 1.807) is 0 Å². The number of sulfonamides is 1. The first-order valence-electron chi connectivity index (χ1n) is 7.26. The normalized spacial score (nSPS) is 17.7. The van der Waals surface area contributed by atoms with Crippen LogP contribution in [0.2, 0.25) is 0 Å². The molecule has 0 aliphatic heterocycles. The molecule has 1 saturated carbocycles. The lowest BCUT2D eigenvalue weighted by atomic mass is 9.84. The van der Waals surface area contributed by atoms with Crippen LogP contribution in [-0.2, 0) is 14.8 Å². The Morgan fingerprint density at radius 3 is 2.39 bits per heavy atom. The summed E-state index contributed by atoms with van der Waals surface area (Å²) >= 11 is 0. The van der Waals surface area contributed by atoms with Crippen molar-refractivity contribution in [1.29, 1.82) is 0 Å². The van der Waals surface area contributed by atoms with Crippen molar-refractivity contribution < 1.29 is 27.2 Å². The van der Waals surface area contributed by atoms with Gasteiger partial charge in [0.15, 0.2) is 11.6 Å². The number of carbonyl (C=O) groups excluding carboxylic acids is 1. The number of benzene rings is 1. The van der Waals surface area contributed by atoms with Gasteiger partial charge >= 0.3 is 0 Å². The van der Waals surface area contributed by atoms with Gasteiger partial charge in [-0.2, -0.15) is 4.72 Å². The van der Waals surface area contributed by atoms with Gasteiger partial charge in [-0.05, 0) is 37.0 Å². The van der Waals surface area contributed by atoms with Crippen LogP contribution < -0.4 is 10.2 Å². The number of halogens is 2. The van der Waals surface area contributed by atoms with Crippen LogP contribution >= 0.6 is 0 Å². The van der Waals surface area contributed by atoms with Gasteiger partial charge in [-0.1, -0.05) is 19.3 Å². The van der Waals surface area contributed by atoms with E-state index in [9.17, 15) is 22.0 Å². The third kappa shape index (κ3) is 4.24. The molecule has 1 aromatic carbocycles. The second-order valence-electron chi connectivity index (χ2n) is 5.55. The van der Waals surface area contributed by atoms with E-state index >= 15 is 0 Å². The van der Waals surface area contributed by atoms with Gasteiger partial charge in [0.2, 0.25) is 10.0 Å². The Kier molecular flexibility index (Phi) is 5.66. The van der Waals surface area contributed by atoms with Crippen LogP contribution in [0.1, 0.15) is 32.1 Å². The van der Waals surface area contributed by atoms with E-state index < -0.39 is 38.5 Å². The van der Waals surface area contributed by atoms with Crippen LogP contribution in [0.4, 0.5) is 8.78 Å². The fraction of sp³-hybridized carbons (Fsp3) is 0.500. The van der Waals surface area contributed by atoms with E-state index in [0.29, 0.717) is 25.0 Å². The van der Waals surface area contributed by atoms with Crippen molar-refractivity contribution in [2.45, 2.75) is 43.0 Å². The van der Waals surface area contributed by atoms with Crippen LogP contribution in [0.3, 0.4) is 0 Å². The van der Waals surface area contributed by atoms with Gasteiger partial charge in [-0.25, -0.2) is 22.7 Å². The second-order valence-corrected chi connectivity index (χ2v) is 7.26. The summed E-state index contributed by atoms with van der Waals surface area (Å²) in [5, 5.41) is 8.84. The Morgan fingerprint density at radius 1 is 1.17 bits per heavy atom. The molecule has 0 radical (unpaired) electrons. The van der Waals surface area contributed by atoms with Crippen molar-refractivity contribution >= 4 is 15.9 Å². The van der Waals surface area contributed by atoms with E-state index in [2.05, 4.69) is 4.72 Å². The number of carbonyl (C=O) groups is 1. The monoisotopic (exact) mass is 348 g/mol. The maximum atomic E-state index is 13.2. The topological polar surface area (TPSA) is 95.5 Å². The van der Waals surface area contributed by atoms with E-state index in [1.165, 1.54) is 5.48 Å². The largest absolute Gasteiger partial charge is 0.289 e. The molecule has 0 heterocycles. The highest BCUT2D eigenvalue weighted by Gasteiger charge is 2.33. The maximum absolute atomic E-state index is 13.2. The highest BCUT2D eigenvalue weighted by molar-refractivity contribution is 7.89. The van der Waals surface area contributed by atoms with Gasteiger partial charge in [0.05, 0.1) is 4.90 Å². The molecule has 0 aromatic heterocycles. The van der Waals surface area contributed by atoms with Gasteiger partial charge in [0.25, 0.3) is 5.91 Å². The molecule has 1 fully saturated rings. The summed E-state index contributed by atoms with van der Waals surface area (Å²) in [4.78, 5) is 11.3. The Bertz CT molecular complexity index is 675. The number of hydrogen-bond donors (Lipinski definition) is 3. The van der Waals surface area contributed by atoms with Gasteiger partial charge in [-0.3, -0.25) is 10.0 Å². The summed E-state index contributed by atoms with van der Waals surface area (Å²) in [5.41, 5.74) is 1.46. The molecule has 0 bridgehead atoms. The molecule has 1 aliphatic rings. The first-order chi connectivity index (χ1) is 10.8. The second kappa shape index (κ2) is 7.33. The first-order valence-corrected chi connectivity index (χ1v) is 8.75. The summed E-state index contributed by atoms with van der Waals surface area (Å²) in [6.45, 7) is 0. The predicted molar refractivity (Wildman–Crippen MR) is 77.0 cm³/mol. The maximum Gasteiger partial charge on any atom is 0.261 e. The quantitative estimate of drug-likeness (QED) is 0.557. The molecule has 1 aliphatic carbocycles. The van der Waals surface area contributed by atoms with E-state index in [-0.39, 0.29) is 5.92 Å². The minimum absolute atomic E-state index is 0.268. The minimum Gasteiger partial charge on any atom is -0.289 e. The summed E-state index contributed by atoms with van der Waals surface area (Å²) in [7, 11) is -4.23. The Labute approximate surface area is 132 Å². The molecule has 1 amide bonds. The molecule has 1 unspecified atom stereocenters. The predicted octanol–water partition coefficient (Wildman–Crippen LogP) is 1.70. The fourth-order valence-electron chi connectivity index (χ4n) is 2.78. The van der Waals surface area contributed by atoms with Gasteiger partial charge in [0.1, 0.15) is 6.04 Å². The Hall–Kier alpha value is -1.58. The third-order valence-electron chi connectivity index (χ3n) is 4.00. The Balaban J connectivity index is 2.26. The highest BCUT2D eigenvalue weighted by atomic mass is 32.2. The van der Waals surface area contributed by atoms with Crippen molar-refractivity contribution in [1.82, 2.24) is 10.2 Å². The van der Waals surface area contributed by atoms with Crippen molar-refractivity contribution in [3.05, 3.63) is 29.8 Å². The van der Waals surface area contributed by atoms with Crippen molar-refractivity contribution in [3.8, 4) is 0 Å². The van der Waals surface area contributed by atoms with E-state index in [1.807, 2.05) is 0 Å². The Morgan fingerprint density at radius 2 is 1.83 bits per heavy atom. The summed E-state index contributed by atoms with van der Waals surface area (Å²) in [5.74, 6) is -3.60. The molecule has 0 spiro atoms. The number of amides is 1. The first kappa shape index (κ1) is 17.8. The molecule has 2 rings (SSSR count). The molecular weight excluding hydrogens is 330 g/mol. The van der Waals surface area contributed by atoms with Crippen LogP contribution in [0, 0.1) is 17.6 Å². The molecule has 0 saturated heterocycles. The van der Waals surface area contributed by atoms with Crippen molar-refractivity contribution in [3.63, 3.8) is 0 Å². The molecule has 9 heteroatoms. The van der Waals surface area contributed by atoms with Crippen molar-refractivity contribution in [2.75, 3.05) is 0 Å². The number of nitrogens with one attached hydrogen (secondary N) is 2. The lowest BCUT2D eigenvalue weighted by Gasteiger charge is -2.29. The molecule has 1 atom stereocenters. The highest BCUT2D eigenvalue weighted by Crippen LogP contribution is 2.27. The van der Waals surface area contributed by atoms with Crippen LogP contribution in [0.25, 0.3) is 0 Å². The van der Waals surface area contributed by atoms with Gasteiger partial charge in [-0.15, -0.1) is 0 Å². The molecule has 6 nitrogen and oxygen atoms in total. The lowest BCUT2D eigenvalue weighted by Crippen LogP contribution is -2.50. The SMILES string of the molecule is O=C(NO)C(NS(=O)(=O)c1ccc(F)c(F)c1)C1CCCCC1. The van der Waals surface area contributed by atoms with Crippen LogP contribution in [0.15, 0.2) is 23.1 Å². The van der Waals surface area contributed by atoms with E-state index in [4.69, 9.17) is 5.21 Å².